The van der Waals surface area contributed by atoms with Gasteiger partial charge >= 0.3 is 6.18 Å². The molecule has 0 radical (unpaired) electrons. The van der Waals surface area contributed by atoms with Crippen molar-refractivity contribution in [1.82, 2.24) is 0 Å². The minimum atomic E-state index is -4.37. The molecule has 0 atom stereocenters. The van der Waals surface area contributed by atoms with Gasteiger partial charge in [0.05, 0.1) is 5.56 Å². The number of nitrogens with one attached hydrogen (secondary N) is 1. The second kappa shape index (κ2) is 5.76. The van der Waals surface area contributed by atoms with E-state index < -0.39 is 11.7 Å². The van der Waals surface area contributed by atoms with Crippen molar-refractivity contribution >= 4 is 5.69 Å². The summed E-state index contributed by atoms with van der Waals surface area (Å²) in [4.78, 5) is 0. The SMILES string of the molecule is Cc1ccc(CNc2cc(C(F)(F)F)ccc2C)cc1F. The van der Waals surface area contributed by atoms with Crippen LogP contribution in [0.3, 0.4) is 0 Å². The third-order valence-corrected chi connectivity index (χ3v) is 3.28. The van der Waals surface area contributed by atoms with Gasteiger partial charge in [0.1, 0.15) is 5.82 Å². The van der Waals surface area contributed by atoms with Crippen molar-refractivity contribution in [1.29, 1.82) is 0 Å². The molecule has 0 aliphatic carbocycles. The predicted molar refractivity (Wildman–Crippen MR) is 74.6 cm³/mol. The van der Waals surface area contributed by atoms with Crippen LogP contribution in [-0.2, 0) is 12.7 Å². The van der Waals surface area contributed by atoms with E-state index in [2.05, 4.69) is 5.32 Å². The van der Waals surface area contributed by atoms with Crippen molar-refractivity contribution in [3.8, 4) is 0 Å². The highest BCUT2D eigenvalue weighted by molar-refractivity contribution is 5.53. The number of rotatable bonds is 3. The largest absolute Gasteiger partial charge is 0.416 e. The second-order valence-corrected chi connectivity index (χ2v) is 4.96. The van der Waals surface area contributed by atoms with Gasteiger partial charge in [-0.15, -0.1) is 0 Å². The normalized spacial score (nSPS) is 11.5. The van der Waals surface area contributed by atoms with Crippen LogP contribution in [0.4, 0.5) is 23.2 Å². The van der Waals surface area contributed by atoms with E-state index in [4.69, 9.17) is 0 Å². The quantitative estimate of drug-likeness (QED) is 0.780. The molecule has 0 unspecified atom stereocenters. The molecule has 112 valence electrons. The first-order chi connectivity index (χ1) is 9.77. The van der Waals surface area contributed by atoms with Crippen LogP contribution in [0.2, 0.25) is 0 Å². The van der Waals surface area contributed by atoms with Crippen molar-refractivity contribution in [3.05, 3.63) is 64.5 Å². The highest BCUT2D eigenvalue weighted by Crippen LogP contribution is 2.32. The fraction of sp³-hybridized carbons (Fsp3) is 0.250. The molecule has 0 aromatic heterocycles. The van der Waals surface area contributed by atoms with Gasteiger partial charge in [-0.2, -0.15) is 13.2 Å². The van der Waals surface area contributed by atoms with Gasteiger partial charge in [-0.25, -0.2) is 4.39 Å². The summed E-state index contributed by atoms with van der Waals surface area (Å²) in [6.07, 6.45) is -4.37. The molecule has 0 bridgehead atoms. The molecule has 1 N–H and O–H groups in total. The summed E-state index contributed by atoms with van der Waals surface area (Å²) in [6.45, 7) is 3.64. The summed E-state index contributed by atoms with van der Waals surface area (Å²) >= 11 is 0. The molecule has 21 heavy (non-hydrogen) atoms. The summed E-state index contributed by atoms with van der Waals surface area (Å²) < 4.78 is 51.5. The molecule has 0 saturated carbocycles. The van der Waals surface area contributed by atoms with Crippen LogP contribution in [0.25, 0.3) is 0 Å². The summed E-state index contributed by atoms with van der Waals surface area (Å²) in [5.41, 5.74) is 1.61. The Balaban J connectivity index is 2.17. The Hall–Kier alpha value is -2.04. The third-order valence-electron chi connectivity index (χ3n) is 3.28. The number of hydrogen-bond acceptors (Lipinski definition) is 1. The first-order valence-electron chi connectivity index (χ1n) is 6.44. The number of benzene rings is 2. The van der Waals surface area contributed by atoms with Crippen LogP contribution in [0.15, 0.2) is 36.4 Å². The van der Waals surface area contributed by atoms with Crippen LogP contribution >= 0.6 is 0 Å². The molecule has 5 heteroatoms. The smallest absolute Gasteiger partial charge is 0.381 e. The lowest BCUT2D eigenvalue weighted by atomic mass is 10.1. The van der Waals surface area contributed by atoms with Crippen LogP contribution in [0.1, 0.15) is 22.3 Å². The van der Waals surface area contributed by atoms with E-state index in [1.54, 1.807) is 26.0 Å². The van der Waals surface area contributed by atoms with Crippen molar-refractivity contribution < 1.29 is 17.6 Å². The number of aryl methyl sites for hydroxylation is 2. The summed E-state index contributed by atoms with van der Waals surface area (Å²) in [5.74, 6) is -0.324. The molecule has 2 aromatic carbocycles. The van der Waals surface area contributed by atoms with Crippen molar-refractivity contribution in [3.63, 3.8) is 0 Å². The van der Waals surface area contributed by atoms with Crippen LogP contribution in [-0.4, -0.2) is 0 Å². The van der Waals surface area contributed by atoms with Crippen LogP contribution in [0, 0.1) is 19.7 Å². The minimum Gasteiger partial charge on any atom is -0.381 e. The van der Waals surface area contributed by atoms with Crippen LogP contribution < -0.4 is 5.32 Å². The lowest BCUT2D eigenvalue weighted by molar-refractivity contribution is -0.137. The molecular weight excluding hydrogens is 282 g/mol. The highest BCUT2D eigenvalue weighted by atomic mass is 19.4. The van der Waals surface area contributed by atoms with E-state index in [1.165, 1.54) is 12.1 Å². The van der Waals surface area contributed by atoms with Gasteiger partial charge in [0.15, 0.2) is 0 Å². The van der Waals surface area contributed by atoms with Gasteiger partial charge < -0.3 is 5.32 Å². The monoisotopic (exact) mass is 297 g/mol. The predicted octanol–water partition coefficient (Wildman–Crippen LogP) is 5.07. The minimum absolute atomic E-state index is 0.263. The van der Waals surface area contributed by atoms with Gasteiger partial charge in [-0.05, 0) is 48.7 Å². The highest BCUT2D eigenvalue weighted by Gasteiger charge is 2.30. The Kier molecular flexibility index (Phi) is 4.21. The van der Waals surface area contributed by atoms with E-state index in [0.717, 1.165) is 12.1 Å². The van der Waals surface area contributed by atoms with Gasteiger partial charge in [0.25, 0.3) is 0 Å². The van der Waals surface area contributed by atoms with Gasteiger partial charge in [0, 0.05) is 12.2 Å². The maximum absolute atomic E-state index is 13.4. The molecule has 2 aromatic rings. The number of halogens is 4. The van der Waals surface area contributed by atoms with E-state index in [0.29, 0.717) is 22.4 Å². The van der Waals surface area contributed by atoms with E-state index in [9.17, 15) is 17.6 Å². The fourth-order valence-electron chi connectivity index (χ4n) is 1.93. The molecule has 0 fully saturated rings. The average molecular weight is 297 g/mol. The van der Waals surface area contributed by atoms with E-state index in [1.807, 2.05) is 0 Å². The van der Waals surface area contributed by atoms with Crippen molar-refractivity contribution in [2.24, 2.45) is 0 Å². The first-order valence-corrected chi connectivity index (χ1v) is 6.44. The van der Waals surface area contributed by atoms with Gasteiger partial charge in [-0.3, -0.25) is 0 Å². The summed E-state index contributed by atoms with van der Waals surface area (Å²) in [7, 11) is 0. The van der Waals surface area contributed by atoms with Crippen molar-refractivity contribution in [2.75, 3.05) is 5.32 Å². The third kappa shape index (κ3) is 3.74. The topological polar surface area (TPSA) is 12.0 Å². The summed E-state index contributed by atoms with van der Waals surface area (Å²) in [5, 5.41) is 2.92. The van der Waals surface area contributed by atoms with E-state index >= 15 is 0 Å². The van der Waals surface area contributed by atoms with Crippen molar-refractivity contribution in [2.45, 2.75) is 26.6 Å². The summed E-state index contributed by atoms with van der Waals surface area (Å²) in [6, 6.07) is 8.30. The van der Waals surface area contributed by atoms with Crippen LogP contribution in [0.5, 0.6) is 0 Å². The van der Waals surface area contributed by atoms with Gasteiger partial charge in [-0.1, -0.05) is 18.2 Å². The Morgan fingerprint density at radius 3 is 2.24 bits per heavy atom. The van der Waals surface area contributed by atoms with Gasteiger partial charge in [0.2, 0.25) is 0 Å². The average Bonchev–Trinajstić information content (AvgIpc) is 2.40. The Labute approximate surface area is 120 Å². The zero-order valence-electron chi connectivity index (χ0n) is 11.7. The molecular formula is C16H15F4N. The lowest BCUT2D eigenvalue weighted by Crippen LogP contribution is -2.07. The zero-order chi connectivity index (χ0) is 15.6. The molecule has 0 amide bonds. The number of anilines is 1. The molecule has 1 nitrogen and oxygen atoms in total. The maximum Gasteiger partial charge on any atom is 0.416 e. The van der Waals surface area contributed by atoms with E-state index in [-0.39, 0.29) is 12.4 Å². The fourth-order valence-corrected chi connectivity index (χ4v) is 1.93. The molecule has 0 saturated heterocycles. The molecule has 0 spiro atoms. The molecule has 2 rings (SSSR count). The second-order valence-electron chi connectivity index (χ2n) is 4.96. The molecule has 0 heterocycles. The Morgan fingerprint density at radius 1 is 0.952 bits per heavy atom. The molecule has 0 aliphatic rings. The Morgan fingerprint density at radius 2 is 1.62 bits per heavy atom. The lowest BCUT2D eigenvalue weighted by Gasteiger charge is -2.13. The zero-order valence-corrected chi connectivity index (χ0v) is 11.7. The number of alkyl halides is 3. The standard InChI is InChI=1S/C16H15F4N/c1-10-3-5-12(7-14(10)17)9-21-15-8-13(16(18,19)20)6-4-11(15)2/h3-8,21H,9H2,1-2H3. The molecule has 0 aliphatic heterocycles. The first kappa shape index (κ1) is 15.4. The maximum atomic E-state index is 13.4. The number of hydrogen-bond donors (Lipinski definition) is 1. The Bertz CT molecular complexity index is 647.